The molecule has 1 aliphatic rings. The lowest BCUT2D eigenvalue weighted by Gasteiger charge is -2.23. The number of fused-ring (bicyclic) bond motifs is 1. The van der Waals surface area contributed by atoms with E-state index in [1.807, 2.05) is 30.5 Å². The molecule has 0 aliphatic carbocycles. The van der Waals surface area contributed by atoms with Gasteiger partial charge in [-0.2, -0.15) is 10.2 Å². The van der Waals surface area contributed by atoms with Crippen molar-refractivity contribution < 1.29 is 14.3 Å². The number of hydrogen-bond donors (Lipinski definition) is 0. The lowest BCUT2D eigenvalue weighted by molar-refractivity contribution is 0.0796. The van der Waals surface area contributed by atoms with Crippen LogP contribution in [0, 0.1) is 5.92 Å². The van der Waals surface area contributed by atoms with Crippen molar-refractivity contribution >= 4 is 25.6 Å². The van der Waals surface area contributed by atoms with Gasteiger partial charge in [-0.3, -0.25) is 4.90 Å². The molecule has 4 heterocycles. The number of carbonyl (C=O) groups is 1. The predicted molar refractivity (Wildman–Crippen MR) is 144 cm³/mol. The Labute approximate surface area is 217 Å². The van der Waals surface area contributed by atoms with E-state index in [2.05, 4.69) is 48.7 Å². The molecule has 0 N–H and O–H groups in total. The summed E-state index contributed by atoms with van der Waals surface area (Å²) < 4.78 is 14.7. The maximum absolute atomic E-state index is 12.4. The molecule has 0 radical (unpaired) electrons. The Balaban J connectivity index is 1.37. The van der Waals surface area contributed by atoms with E-state index in [1.54, 1.807) is 32.7 Å². The number of nitrogens with zero attached hydrogens (tertiary/aromatic N) is 7. The first kappa shape index (κ1) is 25.1. The first-order valence-electron chi connectivity index (χ1n) is 12.6. The Hall–Kier alpha value is -3.57. The molecule has 10 nitrogen and oxygen atoms in total. The average molecular weight is 520 g/mol. The zero-order valence-electron chi connectivity index (χ0n) is 22.0. The Morgan fingerprint density at radius 3 is 2.59 bits per heavy atom. The number of carbonyl (C=O) groups excluding carboxylic acids is 1. The summed E-state index contributed by atoms with van der Waals surface area (Å²) in [5.41, 5.74) is 3.45. The van der Waals surface area contributed by atoms with Gasteiger partial charge in [0.05, 0.1) is 12.2 Å². The highest BCUT2D eigenvalue weighted by Crippen LogP contribution is 2.30. The second kappa shape index (κ2) is 10.1. The van der Waals surface area contributed by atoms with Gasteiger partial charge in [0.15, 0.2) is 11.5 Å². The number of hydrogen-bond acceptors (Lipinski definition) is 7. The molecule has 5 rings (SSSR count). The molecular weight excluding hydrogens is 486 g/mol. The van der Waals surface area contributed by atoms with Crippen LogP contribution in [0.15, 0.2) is 49.1 Å². The van der Waals surface area contributed by atoms with Crippen LogP contribution in [0.1, 0.15) is 13.8 Å². The molecule has 1 atom stereocenters. The van der Waals surface area contributed by atoms with Gasteiger partial charge in [-0.05, 0) is 23.6 Å². The number of anilines is 1. The van der Waals surface area contributed by atoms with Crippen molar-refractivity contribution in [2.45, 2.75) is 52.3 Å². The van der Waals surface area contributed by atoms with Crippen molar-refractivity contribution in [1.29, 1.82) is 0 Å². The van der Waals surface area contributed by atoms with Crippen LogP contribution in [0.3, 0.4) is 0 Å². The standard InChI is InChI=1S/C26H33N7O3Si/c1-18(2)22-15-36-26(34)33(22)23-10-11-31-25(30-23)21(14-28-31)19-6-8-20(9-7-19)24-27-16-29-32(24)17-35-12-13-37(3,4)5/h6-11,14,16,18,22H,12-13,15,17H2,1-5H3/t22-/m1/s1. The van der Waals surface area contributed by atoms with Crippen LogP contribution in [0.2, 0.25) is 25.7 Å². The van der Waals surface area contributed by atoms with E-state index in [1.165, 1.54) is 0 Å². The Morgan fingerprint density at radius 1 is 1.11 bits per heavy atom. The van der Waals surface area contributed by atoms with E-state index in [0.717, 1.165) is 35.2 Å². The topological polar surface area (TPSA) is 99.7 Å². The molecule has 37 heavy (non-hydrogen) atoms. The SMILES string of the molecule is CC(C)[C@H]1COC(=O)N1c1ccn2ncc(-c3ccc(-c4ncnn4COCC[Si](C)(C)C)cc3)c2n1. The van der Waals surface area contributed by atoms with E-state index < -0.39 is 8.07 Å². The maximum Gasteiger partial charge on any atom is 0.415 e. The molecule has 1 aromatic carbocycles. The van der Waals surface area contributed by atoms with Gasteiger partial charge in [0.25, 0.3) is 0 Å². The fourth-order valence-electron chi connectivity index (χ4n) is 4.30. The lowest BCUT2D eigenvalue weighted by atomic mass is 10.0. The smallest absolute Gasteiger partial charge is 0.415 e. The van der Waals surface area contributed by atoms with Crippen LogP contribution in [0.4, 0.5) is 10.6 Å². The van der Waals surface area contributed by atoms with Crippen molar-refractivity contribution in [2.24, 2.45) is 5.92 Å². The van der Waals surface area contributed by atoms with Gasteiger partial charge in [-0.25, -0.2) is 24.0 Å². The average Bonchev–Trinajstić information content (AvgIpc) is 3.59. The summed E-state index contributed by atoms with van der Waals surface area (Å²) in [5.74, 6) is 1.57. The number of cyclic esters (lactones) is 1. The molecule has 4 aromatic rings. The van der Waals surface area contributed by atoms with Crippen molar-refractivity contribution in [3.63, 3.8) is 0 Å². The zero-order chi connectivity index (χ0) is 26.2. The monoisotopic (exact) mass is 519 g/mol. The summed E-state index contributed by atoms with van der Waals surface area (Å²) >= 11 is 0. The van der Waals surface area contributed by atoms with E-state index in [0.29, 0.717) is 24.8 Å². The molecule has 0 bridgehead atoms. The van der Waals surface area contributed by atoms with E-state index >= 15 is 0 Å². The van der Waals surface area contributed by atoms with Gasteiger partial charge >= 0.3 is 6.09 Å². The molecule has 1 fully saturated rings. The number of aromatic nitrogens is 6. The fourth-order valence-corrected chi connectivity index (χ4v) is 5.05. The second-order valence-corrected chi connectivity index (χ2v) is 16.5. The number of benzene rings is 1. The lowest BCUT2D eigenvalue weighted by Crippen LogP contribution is -2.37. The fraction of sp³-hybridized carbons (Fsp3) is 0.423. The molecule has 0 saturated carbocycles. The first-order chi connectivity index (χ1) is 17.7. The van der Waals surface area contributed by atoms with E-state index in [4.69, 9.17) is 14.5 Å². The predicted octanol–water partition coefficient (Wildman–Crippen LogP) is 4.95. The highest BCUT2D eigenvalue weighted by Gasteiger charge is 2.37. The van der Waals surface area contributed by atoms with E-state index in [-0.39, 0.29) is 18.1 Å². The number of rotatable bonds is 9. The number of ether oxygens (including phenoxy) is 2. The van der Waals surface area contributed by atoms with Crippen LogP contribution in [-0.4, -0.2) is 62.8 Å². The highest BCUT2D eigenvalue weighted by atomic mass is 28.3. The molecule has 11 heteroatoms. The van der Waals surface area contributed by atoms with Gasteiger partial charge < -0.3 is 9.47 Å². The molecule has 1 aliphatic heterocycles. The third-order valence-corrected chi connectivity index (χ3v) is 8.26. The summed E-state index contributed by atoms with van der Waals surface area (Å²) in [4.78, 5) is 23.3. The van der Waals surface area contributed by atoms with Crippen molar-refractivity contribution in [3.8, 4) is 22.5 Å². The van der Waals surface area contributed by atoms with Crippen molar-refractivity contribution in [1.82, 2.24) is 29.4 Å². The van der Waals surface area contributed by atoms with Gasteiger partial charge in [0, 0.05) is 32.0 Å². The van der Waals surface area contributed by atoms with Crippen LogP contribution in [0.5, 0.6) is 0 Å². The molecule has 0 spiro atoms. The Morgan fingerprint density at radius 2 is 1.86 bits per heavy atom. The summed E-state index contributed by atoms with van der Waals surface area (Å²) in [7, 11) is -1.14. The Bertz CT molecular complexity index is 1390. The van der Waals surface area contributed by atoms with Crippen LogP contribution >= 0.6 is 0 Å². The van der Waals surface area contributed by atoms with Crippen molar-refractivity contribution in [3.05, 3.63) is 49.1 Å². The maximum atomic E-state index is 12.4. The molecular formula is C26H33N7O3Si. The highest BCUT2D eigenvalue weighted by molar-refractivity contribution is 6.76. The van der Waals surface area contributed by atoms with Gasteiger partial charge in [0.2, 0.25) is 0 Å². The molecule has 194 valence electrons. The van der Waals surface area contributed by atoms with Gasteiger partial charge in [-0.1, -0.05) is 57.8 Å². The van der Waals surface area contributed by atoms with E-state index in [9.17, 15) is 4.79 Å². The normalized spacial score (nSPS) is 16.2. The summed E-state index contributed by atoms with van der Waals surface area (Å²) in [6, 6.07) is 10.9. The summed E-state index contributed by atoms with van der Waals surface area (Å²) in [5, 5.41) is 8.80. The Kier molecular flexibility index (Phi) is 6.82. The van der Waals surface area contributed by atoms with Gasteiger partial charge in [-0.15, -0.1) is 0 Å². The minimum Gasteiger partial charge on any atom is -0.447 e. The van der Waals surface area contributed by atoms with Crippen LogP contribution in [-0.2, 0) is 16.2 Å². The minimum atomic E-state index is -1.14. The first-order valence-corrected chi connectivity index (χ1v) is 16.3. The number of amides is 1. The quantitative estimate of drug-likeness (QED) is 0.228. The third kappa shape index (κ3) is 5.28. The van der Waals surface area contributed by atoms with Crippen molar-refractivity contribution in [2.75, 3.05) is 18.1 Å². The minimum absolute atomic E-state index is 0.0509. The summed E-state index contributed by atoms with van der Waals surface area (Å²) in [6.45, 7) is 12.6. The zero-order valence-corrected chi connectivity index (χ0v) is 23.0. The third-order valence-electron chi connectivity index (χ3n) is 6.56. The molecule has 1 saturated heterocycles. The van der Waals surface area contributed by atoms with Crippen LogP contribution in [0.25, 0.3) is 28.2 Å². The summed E-state index contributed by atoms with van der Waals surface area (Å²) in [6.07, 6.45) is 4.80. The molecule has 3 aromatic heterocycles. The molecule has 1 amide bonds. The molecule has 0 unspecified atom stereocenters. The van der Waals surface area contributed by atoms with Gasteiger partial charge in [0.1, 0.15) is 25.5 Å². The largest absolute Gasteiger partial charge is 0.447 e. The van der Waals surface area contributed by atoms with Crippen LogP contribution < -0.4 is 4.90 Å². The second-order valence-electron chi connectivity index (χ2n) is 10.9.